The van der Waals surface area contributed by atoms with Crippen molar-refractivity contribution < 1.29 is 19.4 Å². The molecule has 1 aromatic rings. The molecule has 16 heavy (non-hydrogen) atoms. The number of ether oxygens (including phenoxy) is 3. The normalized spacial score (nSPS) is 16.5. The summed E-state index contributed by atoms with van der Waals surface area (Å²) in [6.45, 7) is 0.502. The van der Waals surface area contributed by atoms with Crippen LogP contribution in [0.1, 0.15) is 12.0 Å². The van der Waals surface area contributed by atoms with E-state index in [-0.39, 0.29) is 0 Å². The predicted molar refractivity (Wildman–Crippen MR) is 58.0 cm³/mol. The molecule has 0 aromatic heterocycles. The first-order valence-electron chi connectivity index (χ1n) is 4.90. The first-order chi connectivity index (χ1) is 7.80. The number of oxime groups is 1. The van der Waals surface area contributed by atoms with Crippen LogP contribution in [0.5, 0.6) is 17.2 Å². The van der Waals surface area contributed by atoms with Crippen molar-refractivity contribution in [3.05, 3.63) is 17.7 Å². The highest BCUT2D eigenvalue weighted by Crippen LogP contribution is 2.37. The van der Waals surface area contributed by atoms with E-state index in [1.807, 2.05) is 0 Å². The minimum absolute atomic E-state index is 0.502. The summed E-state index contributed by atoms with van der Waals surface area (Å²) in [5, 5.41) is 12.1. The van der Waals surface area contributed by atoms with Crippen LogP contribution in [0.3, 0.4) is 0 Å². The highest BCUT2D eigenvalue weighted by Gasteiger charge is 2.20. The summed E-state index contributed by atoms with van der Waals surface area (Å²) in [6, 6.07) is 3.49. The van der Waals surface area contributed by atoms with E-state index in [1.54, 1.807) is 26.4 Å². The number of hydrogen-bond donors (Lipinski definition) is 1. The molecule has 86 valence electrons. The third-order valence-corrected chi connectivity index (χ3v) is 2.51. The molecule has 0 spiro atoms. The second-order valence-electron chi connectivity index (χ2n) is 3.35. The zero-order valence-electron chi connectivity index (χ0n) is 9.19. The Morgan fingerprint density at radius 1 is 1.25 bits per heavy atom. The molecule has 1 N–H and O–H groups in total. The molecule has 0 saturated heterocycles. The largest absolute Gasteiger partial charge is 0.493 e. The van der Waals surface area contributed by atoms with E-state index >= 15 is 0 Å². The van der Waals surface area contributed by atoms with Gasteiger partial charge in [-0.2, -0.15) is 0 Å². The van der Waals surface area contributed by atoms with Crippen LogP contribution >= 0.6 is 0 Å². The predicted octanol–water partition coefficient (Wildman–Crippen LogP) is 1.66. The van der Waals surface area contributed by atoms with Crippen molar-refractivity contribution in [1.29, 1.82) is 0 Å². The van der Waals surface area contributed by atoms with E-state index in [1.165, 1.54) is 0 Å². The summed E-state index contributed by atoms with van der Waals surface area (Å²) in [7, 11) is 3.12. The van der Waals surface area contributed by atoms with Gasteiger partial charge in [0.2, 0.25) is 0 Å². The van der Waals surface area contributed by atoms with E-state index in [9.17, 15) is 0 Å². The lowest BCUT2D eigenvalue weighted by molar-refractivity contribution is 0.294. The van der Waals surface area contributed by atoms with E-state index < -0.39 is 0 Å². The maximum Gasteiger partial charge on any atom is 0.164 e. The molecule has 5 nitrogen and oxygen atoms in total. The van der Waals surface area contributed by atoms with Gasteiger partial charge in [0.25, 0.3) is 0 Å². The third-order valence-electron chi connectivity index (χ3n) is 2.51. The van der Waals surface area contributed by atoms with Gasteiger partial charge in [-0.3, -0.25) is 0 Å². The van der Waals surface area contributed by atoms with Crippen molar-refractivity contribution in [1.82, 2.24) is 0 Å². The van der Waals surface area contributed by atoms with Crippen LogP contribution in [0, 0.1) is 0 Å². The Labute approximate surface area is 93.2 Å². The minimum atomic E-state index is 0.502. The molecular formula is C11H13NO4. The summed E-state index contributed by atoms with van der Waals surface area (Å²) in [5.74, 6) is 1.84. The van der Waals surface area contributed by atoms with Gasteiger partial charge < -0.3 is 19.4 Å². The number of methoxy groups -OCH3 is 2. The Balaban J connectivity index is 2.55. The van der Waals surface area contributed by atoms with Crippen molar-refractivity contribution in [3.63, 3.8) is 0 Å². The Morgan fingerprint density at radius 3 is 2.56 bits per heavy atom. The molecule has 1 heterocycles. The van der Waals surface area contributed by atoms with Crippen molar-refractivity contribution in [2.75, 3.05) is 20.8 Å². The second kappa shape index (κ2) is 4.30. The molecule has 5 heteroatoms. The Kier molecular flexibility index (Phi) is 2.85. The fourth-order valence-corrected chi connectivity index (χ4v) is 1.70. The molecule has 0 fully saturated rings. The van der Waals surface area contributed by atoms with Gasteiger partial charge in [-0.1, -0.05) is 5.16 Å². The molecule has 0 amide bonds. The van der Waals surface area contributed by atoms with Gasteiger partial charge in [-0.25, -0.2) is 0 Å². The zero-order chi connectivity index (χ0) is 11.5. The average molecular weight is 223 g/mol. The van der Waals surface area contributed by atoms with Gasteiger partial charge in [0.1, 0.15) is 5.75 Å². The standard InChI is InChI=1S/C11H13NO4/c1-14-10-5-7-8(12-13)3-4-16-9(7)6-11(10)15-2/h5-6,13H,3-4H2,1-2H3/b12-8+. The fourth-order valence-electron chi connectivity index (χ4n) is 1.70. The average Bonchev–Trinajstić information content (AvgIpc) is 2.36. The molecule has 0 unspecified atom stereocenters. The molecule has 0 atom stereocenters. The topological polar surface area (TPSA) is 60.3 Å². The van der Waals surface area contributed by atoms with Crippen LogP contribution in [0.15, 0.2) is 17.3 Å². The van der Waals surface area contributed by atoms with Gasteiger partial charge >= 0.3 is 0 Å². The van der Waals surface area contributed by atoms with Gasteiger partial charge in [0, 0.05) is 18.1 Å². The first-order valence-corrected chi connectivity index (χ1v) is 4.90. The Hall–Kier alpha value is -1.91. The summed E-state index contributed by atoms with van der Waals surface area (Å²) < 4.78 is 15.8. The van der Waals surface area contributed by atoms with E-state index in [0.29, 0.717) is 36.0 Å². The first kappa shape index (κ1) is 10.6. The maximum absolute atomic E-state index is 8.89. The SMILES string of the molecule is COc1cc2c(cc1OC)/C(=N/O)CCO2. The second-order valence-corrected chi connectivity index (χ2v) is 3.35. The fraction of sp³-hybridized carbons (Fsp3) is 0.364. The quantitative estimate of drug-likeness (QED) is 0.612. The van der Waals surface area contributed by atoms with Crippen LogP contribution in [0.2, 0.25) is 0 Å². The molecule has 1 aliphatic heterocycles. The van der Waals surface area contributed by atoms with Crippen molar-refractivity contribution in [3.8, 4) is 17.2 Å². The van der Waals surface area contributed by atoms with Crippen molar-refractivity contribution >= 4 is 5.71 Å². The van der Waals surface area contributed by atoms with Crippen molar-refractivity contribution in [2.45, 2.75) is 6.42 Å². The van der Waals surface area contributed by atoms with E-state index in [4.69, 9.17) is 19.4 Å². The smallest absolute Gasteiger partial charge is 0.164 e. The van der Waals surface area contributed by atoms with Crippen LogP contribution in [0.25, 0.3) is 0 Å². The number of hydrogen-bond acceptors (Lipinski definition) is 5. The summed E-state index contributed by atoms with van der Waals surface area (Å²) in [4.78, 5) is 0. The molecular weight excluding hydrogens is 210 g/mol. The molecule has 2 rings (SSSR count). The molecule has 0 bridgehead atoms. The monoisotopic (exact) mass is 223 g/mol. The van der Waals surface area contributed by atoms with Gasteiger partial charge in [-0.15, -0.1) is 0 Å². The molecule has 0 aliphatic carbocycles. The Morgan fingerprint density at radius 2 is 1.94 bits per heavy atom. The lowest BCUT2D eigenvalue weighted by Crippen LogP contribution is -2.16. The van der Waals surface area contributed by atoms with E-state index in [0.717, 1.165) is 5.56 Å². The Bertz CT molecular complexity index is 428. The minimum Gasteiger partial charge on any atom is -0.493 e. The third kappa shape index (κ3) is 1.64. The highest BCUT2D eigenvalue weighted by molar-refractivity contribution is 6.04. The number of benzene rings is 1. The summed E-state index contributed by atoms with van der Waals surface area (Å²) in [5.41, 5.74) is 1.34. The van der Waals surface area contributed by atoms with Crippen LogP contribution in [0.4, 0.5) is 0 Å². The number of rotatable bonds is 2. The van der Waals surface area contributed by atoms with E-state index in [2.05, 4.69) is 5.16 Å². The molecule has 1 aromatic carbocycles. The number of fused-ring (bicyclic) bond motifs is 1. The highest BCUT2D eigenvalue weighted by atomic mass is 16.5. The summed E-state index contributed by atoms with van der Waals surface area (Å²) >= 11 is 0. The lowest BCUT2D eigenvalue weighted by atomic mass is 10.0. The maximum atomic E-state index is 8.89. The van der Waals surface area contributed by atoms with Gasteiger partial charge in [-0.05, 0) is 6.07 Å². The van der Waals surface area contributed by atoms with Gasteiger partial charge in [0.15, 0.2) is 11.5 Å². The zero-order valence-corrected chi connectivity index (χ0v) is 9.19. The van der Waals surface area contributed by atoms with Crippen molar-refractivity contribution in [2.24, 2.45) is 5.16 Å². The van der Waals surface area contributed by atoms with Crippen LogP contribution in [-0.2, 0) is 0 Å². The molecule has 0 saturated carbocycles. The van der Waals surface area contributed by atoms with Crippen LogP contribution in [-0.4, -0.2) is 31.7 Å². The molecule has 0 radical (unpaired) electrons. The number of nitrogens with zero attached hydrogens (tertiary/aromatic N) is 1. The molecule has 1 aliphatic rings. The van der Waals surface area contributed by atoms with Crippen LogP contribution < -0.4 is 14.2 Å². The van der Waals surface area contributed by atoms with Gasteiger partial charge in [0.05, 0.1) is 26.5 Å². The summed E-state index contributed by atoms with van der Waals surface area (Å²) in [6.07, 6.45) is 0.582. The lowest BCUT2D eigenvalue weighted by Gasteiger charge is -2.20.